The number of fused-ring (bicyclic) bond motifs is 1. The molecule has 3 rings (SSSR count). The molecule has 7 nitrogen and oxygen atoms in total. The van der Waals surface area contributed by atoms with E-state index in [9.17, 15) is 8.42 Å². The highest BCUT2D eigenvalue weighted by Gasteiger charge is 2.16. The Morgan fingerprint density at radius 3 is 2.33 bits per heavy atom. The molecular weight excluding hydrogens is 326 g/mol. The van der Waals surface area contributed by atoms with Crippen molar-refractivity contribution in [2.45, 2.75) is 18.7 Å². The van der Waals surface area contributed by atoms with Gasteiger partial charge in [0.1, 0.15) is 5.82 Å². The third-order valence-electron chi connectivity index (χ3n) is 3.58. The lowest BCUT2D eigenvalue weighted by Gasteiger charge is -2.13. The van der Waals surface area contributed by atoms with Gasteiger partial charge in [0.2, 0.25) is 10.0 Å². The van der Waals surface area contributed by atoms with Crippen LogP contribution in [0.5, 0.6) is 0 Å². The zero-order valence-corrected chi connectivity index (χ0v) is 14.8. The molecule has 0 spiro atoms. The maximum absolute atomic E-state index is 12.1. The van der Waals surface area contributed by atoms with E-state index in [1.807, 2.05) is 26.0 Å². The Bertz CT molecular complexity index is 991. The number of nitrogens with one attached hydrogen (secondary N) is 1. The molecule has 0 aliphatic heterocycles. The van der Waals surface area contributed by atoms with Gasteiger partial charge in [-0.3, -0.25) is 0 Å². The van der Waals surface area contributed by atoms with Gasteiger partial charge in [-0.1, -0.05) is 0 Å². The lowest BCUT2D eigenvalue weighted by molar-refractivity contribution is 0.521. The third-order valence-corrected chi connectivity index (χ3v) is 5.41. The maximum Gasteiger partial charge on any atom is 0.242 e. The Morgan fingerprint density at radius 1 is 1.04 bits per heavy atom. The summed E-state index contributed by atoms with van der Waals surface area (Å²) in [5.74, 6) is 0.772. The summed E-state index contributed by atoms with van der Waals surface area (Å²) in [6, 6.07) is 10.4. The van der Waals surface area contributed by atoms with Gasteiger partial charge in [0.05, 0.1) is 10.6 Å². The van der Waals surface area contributed by atoms with Crippen LogP contribution in [0, 0.1) is 13.8 Å². The minimum Gasteiger partial charge on any atom is -0.340 e. The molecule has 0 bridgehead atoms. The van der Waals surface area contributed by atoms with Crippen LogP contribution in [0.4, 0.5) is 11.5 Å². The summed E-state index contributed by atoms with van der Waals surface area (Å²) in [6.45, 7) is 3.83. The first kappa shape index (κ1) is 16.4. The first-order valence-electron chi connectivity index (χ1n) is 7.41. The molecular formula is C16H19N5O2S. The van der Waals surface area contributed by atoms with Crippen LogP contribution >= 0.6 is 0 Å². The number of anilines is 2. The summed E-state index contributed by atoms with van der Waals surface area (Å²) >= 11 is 0. The summed E-state index contributed by atoms with van der Waals surface area (Å²) in [5.41, 5.74) is 3.29. The third kappa shape index (κ3) is 2.98. The van der Waals surface area contributed by atoms with Crippen molar-refractivity contribution >= 4 is 27.2 Å². The summed E-state index contributed by atoms with van der Waals surface area (Å²) in [5, 5.41) is 7.68. The van der Waals surface area contributed by atoms with Gasteiger partial charge in [0.15, 0.2) is 5.65 Å². The first-order valence-corrected chi connectivity index (χ1v) is 8.85. The molecule has 0 radical (unpaired) electrons. The minimum atomic E-state index is -3.43. The van der Waals surface area contributed by atoms with Crippen LogP contribution in [0.25, 0.3) is 5.65 Å². The SMILES string of the molecule is Cc1cc(Nc2ccc(S(=O)(=O)N(C)C)cc2)n2nc(C)cc2n1. The predicted molar refractivity (Wildman–Crippen MR) is 93.1 cm³/mol. The smallest absolute Gasteiger partial charge is 0.242 e. The molecule has 1 N–H and O–H groups in total. The van der Waals surface area contributed by atoms with Gasteiger partial charge in [0, 0.05) is 37.6 Å². The lowest BCUT2D eigenvalue weighted by Crippen LogP contribution is -2.22. The fourth-order valence-corrected chi connectivity index (χ4v) is 3.27. The minimum absolute atomic E-state index is 0.254. The van der Waals surface area contributed by atoms with Gasteiger partial charge < -0.3 is 5.32 Å². The van der Waals surface area contributed by atoms with Gasteiger partial charge in [-0.25, -0.2) is 17.7 Å². The van der Waals surface area contributed by atoms with E-state index in [1.165, 1.54) is 18.4 Å². The van der Waals surface area contributed by atoms with E-state index in [0.717, 1.165) is 28.5 Å². The molecule has 0 aliphatic carbocycles. The van der Waals surface area contributed by atoms with Crippen molar-refractivity contribution in [1.29, 1.82) is 0 Å². The number of sulfonamides is 1. The highest BCUT2D eigenvalue weighted by Crippen LogP contribution is 2.21. The quantitative estimate of drug-likeness (QED) is 0.785. The second-order valence-electron chi connectivity index (χ2n) is 5.78. The zero-order valence-electron chi connectivity index (χ0n) is 14.0. The van der Waals surface area contributed by atoms with Gasteiger partial charge >= 0.3 is 0 Å². The van der Waals surface area contributed by atoms with Gasteiger partial charge in [-0.15, -0.1) is 0 Å². The summed E-state index contributed by atoms with van der Waals surface area (Å²) < 4.78 is 27.1. The summed E-state index contributed by atoms with van der Waals surface area (Å²) in [7, 11) is -0.403. The number of hydrogen-bond donors (Lipinski definition) is 1. The molecule has 24 heavy (non-hydrogen) atoms. The standard InChI is InChI=1S/C16H19N5O2S/c1-11-9-16(21-15(17-11)10-12(2)19-21)18-13-5-7-14(8-6-13)24(22,23)20(3)4/h5-10,18H,1-4H3. The van der Waals surface area contributed by atoms with Crippen LogP contribution in [-0.4, -0.2) is 41.4 Å². The Kier molecular flexibility index (Phi) is 4.02. The Hall–Kier alpha value is -2.45. The van der Waals surface area contributed by atoms with E-state index in [2.05, 4.69) is 15.4 Å². The average molecular weight is 345 g/mol. The van der Waals surface area contributed by atoms with Crippen LogP contribution < -0.4 is 5.32 Å². The average Bonchev–Trinajstić information content (AvgIpc) is 2.88. The number of aromatic nitrogens is 3. The number of rotatable bonds is 4. The second kappa shape index (κ2) is 5.88. The fraction of sp³-hybridized carbons (Fsp3) is 0.250. The zero-order chi connectivity index (χ0) is 17.5. The largest absolute Gasteiger partial charge is 0.340 e. The Balaban J connectivity index is 1.95. The van der Waals surface area contributed by atoms with E-state index in [4.69, 9.17) is 0 Å². The fourth-order valence-electron chi connectivity index (χ4n) is 2.37. The summed E-state index contributed by atoms with van der Waals surface area (Å²) in [4.78, 5) is 4.69. The van der Waals surface area contributed by atoms with E-state index >= 15 is 0 Å². The van der Waals surface area contributed by atoms with Crippen LogP contribution in [0.3, 0.4) is 0 Å². The molecule has 0 saturated heterocycles. The van der Waals surface area contributed by atoms with Crippen LogP contribution in [-0.2, 0) is 10.0 Å². The van der Waals surface area contributed by atoms with Crippen molar-refractivity contribution in [3.05, 3.63) is 47.8 Å². The topological polar surface area (TPSA) is 79.6 Å². The van der Waals surface area contributed by atoms with Crippen molar-refractivity contribution in [2.75, 3.05) is 19.4 Å². The molecule has 0 saturated carbocycles. The number of benzene rings is 1. The maximum atomic E-state index is 12.1. The van der Waals surface area contributed by atoms with Crippen molar-refractivity contribution in [3.63, 3.8) is 0 Å². The molecule has 0 atom stereocenters. The van der Waals surface area contributed by atoms with Crippen molar-refractivity contribution in [3.8, 4) is 0 Å². The van der Waals surface area contributed by atoms with Crippen molar-refractivity contribution in [1.82, 2.24) is 18.9 Å². The first-order chi connectivity index (χ1) is 11.3. The van der Waals surface area contributed by atoms with Crippen molar-refractivity contribution < 1.29 is 8.42 Å². The number of aryl methyl sites for hydroxylation is 2. The normalized spacial score (nSPS) is 12.0. The second-order valence-corrected chi connectivity index (χ2v) is 7.93. The Morgan fingerprint density at radius 2 is 1.71 bits per heavy atom. The van der Waals surface area contributed by atoms with Gasteiger partial charge in [-0.2, -0.15) is 9.61 Å². The van der Waals surface area contributed by atoms with Gasteiger partial charge in [0.25, 0.3) is 0 Å². The highest BCUT2D eigenvalue weighted by atomic mass is 32.2. The molecule has 2 heterocycles. The predicted octanol–water partition coefficient (Wildman–Crippen LogP) is 2.34. The summed E-state index contributed by atoms with van der Waals surface area (Å²) in [6.07, 6.45) is 0. The molecule has 8 heteroatoms. The highest BCUT2D eigenvalue weighted by molar-refractivity contribution is 7.89. The lowest BCUT2D eigenvalue weighted by atomic mass is 10.3. The van der Waals surface area contributed by atoms with Gasteiger partial charge in [-0.05, 0) is 38.1 Å². The van der Waals surface area contributed by atoms with E-state index in [1.54, 1.807) is 28.8 Å². The van der Waals surface area contributed by atoms with Crippen LogP contribution in [0.15, 0.2) is 41.3 Å². The van der Waals surface area contributed by atoms with Crippen molar-refractivity contribution in [2.24, 2.45) is 0 Å². The Labute approximate surface area is 141 Å². The molecule has 3 aromatic rings. The number of hydrogen-bond acceptors (Lipinski definition) is 5. The van der Waals surface area contributed by atoms with E-state index < -0.39 is 10.0 Å². The van der Waals surface area contributed by atoms with Crippen LogP contribution in [0.1, 0.15) is 11.4 Å². The number of nitrogens with zero attached hydrogens (tertiary/aromatic N) is 4. The molecule has 1 aromatic carbocycles. The molecule has 0 aliphatic rings. The van der Waals surface area contributed by atoms with E-state index in [0.29, 0.717) is 0 Å². The molecule has 0 amide bonds. The molecule has 2 aromatic heterocycles. The van der Waals surface area contributed by atoms with Crippen LogP contribution in [0.2, 0.25) is 0 Å². The van der Waals surface area contributed by atoms with E-state index in [-0.39, 0.29) is 4.90 Å². The molecule has 0 fully saturated rings. The molecule has 0 unspecified atom stereocenters. The monoisotopic (exact) mass is 345 g/mol. The molecule has 126 valence electrons.